The molecule has 0 radical (unpaired) electrons. The van der Waals surface area contributed by atoms with E-state index in [-0.39, 0.29) is 0 Å². The number of nitrogens with zero attached hydrogens (tertiary/aromatic N) is 1. The molecule has 1 unspecified atom stereocenters. The van der Waals surface area contributed by atoms with Gasteiger partial charge in [0.25, 0.3) is 0 Å². The fourth-order valence-electron chi connectivity index (χ4n) is 1.89. The van der Waals surface area contributed by atoms with Crippen LogP contribution in [0.3, 0.4) is 0 Å². The minimum absolute atomic E-state index is 0.468. The van der Waals surface area contributed by atoms with E-state index in [1.165, 1.54) is 17.8 Å². The lowest BCUT2D eigenvalue weighted by molar-refractivity contribution is 0.568. The Bertz CT molecular complexity index is 429. The molecule has 15 heavy (non-hydrogen) atoms. The molecule has 4 heteroatoms. The summed E-state index contributed by atoms with van der Waals surface area (Å²) in [6.45, 7) is 1.12. The van der Waals surface area contributed by atoms with E-state index in [0.29, 0.717) is 6.04 Å². The van der Waals surface area contributed by atoms with Gasteiger partial charge in [-0.15, -0.1) is 11.3 Å². The van der Waals surface area contributed by atoms with Gasteiger partial charge in [-0.1, -0.05) is 0 Å². The summed E-state index contributed by atoms with van der Waals surface area (Å²) in [6.07, 6.45) is 5.88. The Labute approximate surface area is 92.1 Å². The lowest BCUT2D eigenvalue weighted by Crippen LogP contribution is -2.12. The third-order valence-corrected chi connectivity index (χ3v) is 3.66. The van der Waals surface area contributed by atoms with Gasteiger partial charge in [0.05, 0.1) is 24.3 Å². The van der Waals surface area contributed by atoms with Crippen molar-refractivity contribution in [2.45, 2.75) is 18.9 Å². The second-order valence-corrected chi connectivity index (χ2v) is 4.62. The van der Waals surface area contributed by atoms with E-state index in [9.17, 15) is 0 Å². The highest BCUT2D eigenvalue weighted by molar-refractivity contribution is 7.10. The Hall–Kier alpha value is -1.13. The number of aromatic nitrogens is 1. The second-order valence-electron chi connectivity index (χ2n) is 3.73. The van der Waals surface area contributed by atoms with Gasteiger partial charge in [-0.3, -0.25) is 0 Å². The molecule has 1 fully saturated rings. The van der Waals surface area contributed by atoms with Crippen LogP contribution in [0.15, 0.2) is 28.4 Å². The predicted octanol–water partition coefficient (Wildman–Crippen LogP) is 2.83. The number of nitrogens with one attached hydrogen (secondary N) is 1. The number of thiazole rings is 1. The largest absolute Gasteiger partial charge is 0.472 e. The maximum Gasteiger partial charge on any atom is 0.110 e. The SMILES string of the molecule is c1cc(-c2csc(C3CCCN3)n2)co1. The van der Waals surface area contributed by atoms with Gasteiger partial charge in [0.15, 0.2) is 0 Å². The number of hydrogen-bond acceptors (Lipinski definition) is 4. The van der Waals surface area contributed by atoms with Crippen molar-refractivity contribution < 1.29 is 4.42 Å². The molecule has 1 atom stereocenters. The summed E-state index contributed by atoms with van der Waals surface area (Å²) in [7, 11) is 0. The molecule has 3 nitrogen and oxygen atoms in total. The van der Waals surface area contributed by atoms with Crippen LogP contribution in [0.5, 0.6) is 0 Å². The number of rotatable bonds is 2. The summed E-state index contributed by atoms with van der Waals surface area (Å²) < 4.78 is 5.05. The van der Waals surface area contributed by atoms with Gasteiger partial charge in [-0.05, 0) is 25.5 Å². The van der Waals surface area contributed by atoms with E-state index in [1.807, 2.05) is 6.07 Å². The molecule has 1 aliphatic rings. The first-order chi connectivity index (χ1) is 7.43. The van der Waals surface area contributed by atoms with Gasteiger partial charge in [0.2, 0.25) is 0 Å². The Kier molecular flexibility index (Phi) is 2.31. The fraction of sp³-hybridized carbons (Fsp3) is 0.364. The normalized spacial score (nSPS) is 20.9. The van der Waals surface area contributed by atoms with Crippen LogP contribution in [0.25, 0.3) is 11.3 Å². The molecule has 1 saturated heterocycles. The van der Waals surface area contributed by atoms with Crippen molar-refractivity contribution in [3.63, 3.8) is 0 Å². The smallest absolute Gasteiger partial charge is 0.110 e. The number of hydrogen-bond donors (Lipinski definition) is 1. The minimum Gasteiger partial charge on any atom is -0.472 e. The second kappa shape index (κ2) is 3.79. The average Bonchev–Trinajstić information content (AvgIpc) is 3.02. The monoisotopic (exact) mass is 220 g/mol. The van der Waals surface area contributed by atoms with Crippen LogP contribution in [0.2, 0.25) is 0 Å². The summed E-state index contributed by atoms with van der Waals surface area (Å²) in [5.41, 5.74) is 2.09. The quantitative estimate of drug-likeness (QED) is 0.845. The van der Waals surface area contributed by atoms with Crippen LogP contribution in [0, 0.1) is 0 Å². The predicted molar refractivity (Wildman–Crippen MR) is 59.8 cm³/mol. The summed E-state index contributed by atoms with van der Waals surface area (Å²) in [6, 6.07) is 2.41. The topological polar surface area (TPSA) is 38.1 Å². The van der Waals surface area contributed by atoms with Gasteiger partial charge >= 0.3 is 0 Å². The first kappa shape index (κ1) is 9.12. The van der Waals surface area contributed by atoms with Crippen LogP contribution in [0.4, 0.5) is 0 Å². The summed E-state index contributed by atoms with van der Waals surface area (Å²) in [5.74, 6) is 0. The van der Waals surface area contributed by atoms with Crippen molar-refractivity contribution in [2.75, 3.05) is 6.54 Å². The van der Waals surface area contributed by atoms with E-state index in [2.05, 4.69) is 15.7 Å². The van der Waals surface area contributed by atoms with Gasteiger partial charge < -0.3 is 9.73 Å². The third kappa shape index (κ3) is 1.70. The molecule has 3 heterocycles. The van der Waals surface area contributed by atoms with E-state index in [4.69, 9.17) is 4.42 Å². The zero-order chi connectivity index (χ0) is 10.1. The molecular weight excluding hydrogens is 208 g/mol. The van der Waals surface area contributed by atoms with Gasteiger partial charge in [-0.2, -0.15) is 0 Å². The van der Waals surface area contributed by atoms with Crippen LogP contribution >= 0.6 is 11.3 Å². The highest BCUT2D eigenvalue weighted by Gasteiger charge is 2.19. The molecule has 0 bridgehead atoms. The molecule has 0 aromatic carbocycles. The van der Waals surface area contributed by atoms with Crippen molar-refractivity contribution in [2.24, 2.45) is 0 Å². The van der Waals surface area contributed by atoms with Crippen LogP contribution < -0.4 is 5.32 Å². The van der Waals surface area contributed by atoms with Crippen LogP contribution in [-0.4, -0.2) is 11.5 Å². The summed E-state index contributed by atoms with van der Waals surface area (Å²) in [5, 5.41) is 6.75. The van der Waals surface area contributed by atoms with Gasteiger partial charge in [-0.25, -0.2) is 4.98 Å². The zero-order valence-electron chi connectivity index (χ0n) is 8.27. The Morgan fingerprint density at radius 1 is 1.53 bits per heavy atom. The van der Waals surface area contributed by atoms with Crippen LogP contribution in [-0.2, 0) is 0 Å². The maximum absolute atomic E-state index is 5.05. The molecule has 2 aromatic rings. The molecule has 1 aliphatic heterocycles. The summed E-state index contributed by atoms with van der Waals surface area (Å²) >= 11 is 1.73. The maximum atomic E-state index is 5.05. The number of furan rings is 1. The Morgan fingerprint density at radius 3 is 3.27 bits per heavy atom. The lowest BCUT2D eigenvalue weighted by atomic mass is 10.2. The van der Waals surface area contributed by atoms with E-state index in [1.54, 1.807) is 23.9 Å². The summed E-state index contributed by atoms with van der Waals surface area (Å²) in [4.78, 5) is 4.63. The van der Waals surface area contributed by atoms with Crippen molar-refractivity contribution in [3.05, 3.63) is 29.0 Å². The third-order valence-electron chi connectivity index (χ3n) is 2.70. The molecule has 3 rings (SSSR count). The van der Waals surface area contributed by atoms with Gasteiger partial charge in [0.1, 0.15) is 5.01 Å². The first-order valence-electron chi connectivity index (χ1n) is 5.15. The Balaban J connectivity index is 1.87. The lowest BCUT2D eigenvalue weighted by Gasteiger charge is -2.04. The molecule has 78 valence electrons. The van der Waals surface area contributed by atoms with Crippen molar-refractivity contribution >= 4 is 11.3 Å². The first-order valence-corrected chi connectivity index (χ1v) is 6.03. The zero-order valence-corrected chi connectivity index (χ0v) is 9.09. The van der Waals surface area contributed by atoms with E-state index < -0.39 is 0 Å². The molecular formula is C11H12N2OS. The van der Waals surface area contributed by atoms with Gasteiger partial charge in [0, 0.05) is 10.9 Å². The molecule has 1 N–H and O–H groups in total. The van der Waals surface area contributed by atoms with Crippen molar-refractivity contribution in [3.8, 4) is 11.3 Å². The van der Waals surface area contributed by atoms with Crippen LogP contribution in [0.1, 0.15) is 23.9 Å². The molecule has 2 aromatic heterocycles. The minimum atomic E-state index is 0.468. The highest BCUT2D eigenvalue weighted by atomic mass is 32.1. The fourth-order valence-corrected chi connectivity index (χ4v) is 2.82. The molecule has 0 amide bonds. The average molecular weight is 220 g/mol. The standard InChI is InChI=1S/C11H12N2OS/c1-2-9(12-4-1)11-13-10(7-15-11)8-3-5-14-6-8/h3,5-7,9,12H,1-2,4H2. The van der Waals surface area contributed by atoms with Crippen molar-refractivity contribution in [1.29, 1.82) is 0 Å². The van der Waals surface area contributed by atoms with E-state index >= 15 is 0 Å². The molecule has 0 saturated carbocycles. The van der Waals surface area contributed by atoms with Crippen molar-refractivity contribution in [1.82, 2.24) is 10.3 Å². The Morgan fingerprint density at radius 2 is 2.53 bits per heavy atom. The molecule has 0 aliphatic carbocycles. The molecule has 0 spiro atoms. The highest BCUT2D eigenvalue weighted by Crippen LogP contribution is 2.29. The van der Waals surface area contributed by atoms with E-state index in [0.717, 1.165) is 17.8 Å².